The van der Waals surface area contributed by atoms with Gasteiger partial charge in [-0.15, -0.1) is 0 Å². The summed E-state index contributed by atoms with van der Waals surface area (Å²) < 4.78 is 0. The zero-order chi connectivity index (χ0) is 19.2. The summed E-state index contributed by atoms with van der Waals surface area (Å²) in [5.41, 5.74) is 0.249. The van der Waals surface area contributed by atoms with Crippen LogP contribution in [0.5, 0.6) is 5.75 Å². The lowest BCUT2D eigenvalue weighted by atomic mass is 10.1. The number of benzene rings is 1. The molecule has 0 atom stereocenters. The van der Waals surface area contributed by atoms with Gasteiger partial charge >= 0.3 is 6.03 Å². The maximum absolute atomic E-state index is 12.1. The molecule has 0 aliphatic carbocycles. The predicted molar refractivity (Wildman–Crippen MR) is 104 cm³/mol. The summed E-state index contributed by atoms with van der Waals surface area (Å²) in [6, 6.07) is 4.99. The van der Waals surface area contributed by atoms with Crippen LogP contribution < -0.4 is 11.2 Å². The van der Waals surface area contributed by atoms with Gasteiger partial charge in [-0.1, -0.05) is 64.7 Å². The topological polar surface area (TPSA) is 95.7 Å². The Morgan fingerprint density at radius 1 is 0.923 bits per heavy atom. The third-order valence-corrected chi connectivity index (χ3v) is 4.36. The molecule has 0 fully saturated rings. The molecule has 0 radical (unpaired) electrons. The van der Waals surface area contributed by atoms with E-state index in [1.807, 2.05) is 0 Å². The van der Waals surface area contributed by atoms with Crippen LogP contribution in [-0.4, -0.2) is 28.6 Å². The fourth-order valence-electron chi connectivity index (χ4n) is 2.73. The second-order valence-electron chi connectivity index (χ2n) is 6.64. The van der Waals surface area contributed by atoms with E-state index in [0.29, 0.717) is 11.6 Å². The molecule has 6 nitrogen and oxygen atoms in total. The van der Waals surface area contributed by atoms with E-state index in [2.05, 4.69) is 12.2 Å². The summed E-state index contributed by atoms with van der Waals surface area (Å²) >= 11 is 0. The fraction of sp³-hybridized carbons (Fsp3) is 0.600. The van der Waals surface area contributed by atoms with Crippen molar-refractivity contribution in [2.45, 2.75) is 71.1 Å². The van der Waals surface area contributed by atoms with Gasteiger partial charge in [0, 0.05) is 12.1 Å². The lowest BCUT2D eigenvalue weighted by Crippen LogP contribution is -2.48. The zero-order valence-electron chi connectivity index (χ0n) is 15.9. The van der Waals surface area contributed by atoms with Crippen LogP contribution >= 0.6 is 0 Å². The number of amides is 3. The lowest BCUT2D eigenvalue weighted by Gasteiger charge is -2.15. The first kappa shape index (κ1) is 22.0. The number of nitrogens with two attached hydrogens (primary N) is 1. The molecule has 0 spiro atoms. The molecule has 1 rings (SSSR count). The molecule has 0 aromatic heterocycles. The summed E-state index contributed by atoms with van der Waals surface area (Å²) in [5.74, 6) is 5.02. The lowest BCUT2D eigenvalue weighted by molar-refractivity contribution is 0.0800. The number of phenols is 1. The summed E-state index contributed by atoms with van der Waals surface area (Å²) in [4.78, 5) is 24.0. The molecule has 1 aromatic carbocycles. The number of imide groups is 1. The number of carbonyl (C=O) groups is 2. The van der Waals surface area contributed by atoms with Crippen LogP contribution in [0.25, 0.3) is 0 Å². The molecule has 0 saturated heterocycles. The summed E-state index contributed by atoms with van der Waals surface area (Å²) in [5, 5.41) is 12.5. The Morgan fingerprint density at radius 2 is 1.42 bits per heavy atom. The summed E-state index contributed by atoms with van der Waals surface area (Å²) in [6.07, 6.45) is 12.3. The van der Waals surface area contributed by atoms with Crippen molar-refractivity contribution in [1.82, 2.24) is 10.3 Å². The molecule has 0 heterocycles. The third-order valence-electron chi connectivity index (χ3n) is 4.36. The minimum Gasteiger partial charge on any atom is -0.508 e. The molecule has 26 heavy (non-hydrogen) atoms. The van der Waals surface area contributed by atoms with Crippen LogP contribution in [0.1, 0.15) is 81.5 Å². The molecule has 146 valence electrons. The predicted octanol–water partition coefficient (Wildman–Crippen LogP) is 4.34. The largest absolute Gasteiger partial charge is 0.508 e. The number of hydrazine groups is 1. The first-order valence-electron chi connectivity index (χ1n) is 9.72. The van der Waals surface area contributed by atoms with Crippen molar-refractivity contribution in [1.29, 1.82) is 0 Å². The van der Waals surface area contributed by atoms with Gasteiger partial charge < -0.3 is 10.4 Å². The van der Waals surface area contributed by atoms with Crippen LogP contribution in [0.15, 0.2) is 24.3 Å². The van der Waals surface area contributed by atoms with Crippen LogP contribution in [0.3, 0.4) is 0 Å². The van der Waals surface area contributed by atoms with Crippen LogP contribution in [0.2, 0.25) is 0 Å². The Hall–Kier alpha value is -2.08. The molecule has 4 N–H and O–H groups in total. The third kappa shape index (κ3) is 8.85. The van der Waals surface area contributed by atoms with Crippen molar-refractivity contribution < 1.29 is 14.7 Å². The standard InChI is InChI=1S/C20H33N3O3/c1-2-3-4-5-6-7-8-9-10-11-16-22-20(26)23(21)19(25)17-12-14-18(24)15-13-17/h12-15,24H,2-11,16,21H2,1H3,(H,22,26). The number of urea groups is 1. The van der Waals surface area contributed by atoms with Gasteiger partial charge in [0.25, 0.3) is 5.91 Å². The Bertz CT molecular complexity index is 532. The number of carbonyl (C=O) groups excluding carboxylic acids is 2. The van der Waals surface area contributed by atoms with E-state index >= 15 is 0 Å². The van der Waals surface area contributed by atoms with Crippen LogP contribution in [0, 0.1) is 0 Å². The van der Waals surface area contributed by atoms with Gasteiger partial charge in [0.2, 0.25) is 0 Å². The van der Waals surface area contributed by atoms with Crippen molar-refractivity contribution in [2.24, 2.45) is 5.84 Å². The number of unbranched alkanes of at least 4 members (excludes halogenated alkanes) is 9. The SMILES string of the molecule is CCCCCCCCCCCCNC(=O)N(N)C(=O)c1ccc(O)cc1. The monoisotopic (exact) mass is 363 g/mol. The number of nitrogens with zero attached hydrogens (tertiary/aromatic N) is 1. The highest BCUT2D eigenvalue weighted by molar-refractivity contribution is 6.03. The van der Waals surface area contributed by atoms with Crippen molar-refractivity contribution >= 4 is 11.9 Å². The molecular weight excluding hydrogens is 330 g/mol. The fourth-order valence-corrected chi connectivity index (χ4v) is 2.73. The van der Waals surface area contributed by atoms with Gasteiger partial charge in [-0.3, -0.25) is 4.79 Å². The Balaban J connectivity index is 2.09. The second kappa shape index (κ2) is 13.2. The number of phenolic OH excluding ortho intramolecular Hbond substituents is 1. The van der Waals surface area contributed by atoms with E-state index in [1.54, 1.807) is 0 Å². The van der Waals surface area contributed by atoms with Gasteiger partial charge in [-0.05, 0) is 30.7 Å². The highest BCUT2D eigenvalue weighted by Crippen LogP contribution is 2.11. The zero-order valence-corrected chi connectivity index (χ0v) is 15.9. The van der Waals surface area contributed by atoms with E-state index in [0.717, 1.165) is 12.8 Å². The number of hydrogen-bond donors (Lipinski definition) is 3. The van der Waals surface area contributed by atoms with Gasteiger partial charge in [0.1, 0.15) is 5.75 Å². The summed E-state index contributed by atoms with van der Waals surface area (Å²) in [6.45, 7) is 2.73. The van der Waals surface area contributed by atoms with E-state index < -0.39 is 11.9 Å². The van der Waals surface area contributed by atoms with Gasteiger partial charge in [-0.25, -0.2) is 10.6 Å². The Kier molecular flexibility index (Phi) is 11.1. The number of hydrogen-bond acceptors (Lipinski definition) is 4. The maximum Gasteiger partial charge on any atom is 0.338 e. The molecule has 0 saturated carbocycles. The number of aromatic hydroxyl groups is 1. The average Bonchev–Trinajstić information content (AvgIpc) is 2.65. The maximum atomic E-state index is 12.1. The van der Waals surface area contributed by atoms with Gasteiger partial charge in [0.05, 0.1) is 0 Å². The molecule has 3 amide bonds. The molecule has 6 heteroatoms. The molecular formula is C20H33N3O3. The van der Waals surface area contributed by atoms with Crippen molar-refractivity contribution in [3.8, 4) is 5.75 Å². The first-order valence-corrected chi connectivity index (χ1v) is 9.72. The van der Waals surface area contributed by atoms with E-state index in [4.69, 9.17) is 5.84 Å². The Morgan fingerprint density at radius 3 is 1.96 bits per heavy atom. The molecule has 1 aromatic rings. The van der Waals surface area contributed by atoms with Crippen molar-refractivity contribution in [3.05, 3.63) is 29.8 Å². The normalized spacial score (nSPS) is 10.5. The van der Waals surface area contributed by atoms with Crippen molar-refractivity contribution in [3.63, 3.8) is 0 Å². The van der Waals surface area contributed by atoms with Gasteiger partial charge in [0.15, 0.2) is 0 Å². The molecule has 0 bridgehead atoms. The number of rotatable bonds is 12. The van der Waals surface area contributed by atoms with Crippen molar-refractivity contribution in [2.75, 3.05) is 6.54 Å². The minimum atomic E-state index is -0.612. The van der Waals surface area contributed by atoms with Gasteiger partial charge in [-0.2, -0.15) is 5.01 Å². The number of nitrogens with one attached hydrogen (secondary N) is 1. The first-order chi connectivity index (χ1) is 12.6. The van der Waals surface area contributed by atoms with Crippen LogP contribution in [-0.2, 0) is 0 Å². The minimum absolute atomic E-state index is 0.0514. The quantitative estimate of drug-likeness (QED) is 0.223. The molecule has 0 aliphatic heterocycles. The molecule has 0 aliphatic rings. The van der Waals surface area contributed by atoms with E-state index in [1.165, 1.54) is 75.6 Å². The molecule has 0 unspecified atom stereocenters. The highest BCUT2D eigenvalue weighted by atomic mass is 16.3. The van der Waals surface area contributed by atoms with Crippen LogP contribution in [0.4, 0.5) is 4.79 Å². The van der Waals surface area contributed by atoms with E-state index in [9.17, 15) is 14.7 Å². The second-order valence-corrected chi connectivity index (χ2v) is 6.64. The highest BCUT2D eigenvalue weighted by Gasteiger charge is 2.18. The van der Waals surface area contributed by atoms with E-state index in [-0.39, 0.29) is 11.3 Å². The summed E-state index contributed by atoms with van der Waals surface area (Å²) in [7, 11) is 0. The smallest absolute Gasteiger partial charge is 0.338 e. The average molecular weight is 364 g/mol. The Labute approximate surface area is 156 Å².